The zero-order chi connectivity index (χ0) is 14.6. The lowest BCUT2D eigenvalue weighted by Gasteiger charge is -2.11. The molecule has 21 heavy (non-hydrogen) atoms. The summed E-state index contributed by atoms with van der Waals surface area (Å²) in [5, 5.41) is 6.39. The van der Waals surface area contributed by atoms with Gasteiger partial charge in [-0.1, -0.05) is 6.07 Å². The number of nitrogens with one attached hydrogen (secondary N) is 2. The minimum absolute atomic E-state index is 0. The van der Waals surface area contributed by atoms with Crippen LogP contribution in [-0.4, -0.2) is 44.4 Å². The minimum Gasteiger partial charge on any atom is -0.481 e. The third-order valence-corrected chi connectivity index (χ3v) is 2.48. The van der Waals surface area contributed by atoms with Crippen LogP contribution < -0.4 is 15.4 Å². The van der Waals surface area contributed by atoms with Gasteiger partial charge in [-0.3, -0.25) is 0 Å². The predicted molar refractivity (Wildman–Crippen MR) is 95.5 cm³/mol. The summed E-state index contributed by atoms with van der Waals surface area (Å²) in [5.74, 6) is 1.36. The Hall–Kier alpha value is -1.09. The number of aromatic nitrogens is 1. The largest absolute Gasteiger partial charge is 0.481 e. The van der Waals surface area contributed by atoms with Gasteiger partial charge in [-0.25, -0.2) is 9.98 Å². The van der Waals surface area contributed by atoms with Crippen LogP contribution in [0.4, 0.5) is 0 Å². The lowest BCUT2D eigenvalue weighted by atomic mass is 10.3. The van der Waals surface area contributed by atoms with E-state index in [2.05, 4.69) is 20.6 Å². The van der Waals surface area contributed by atoms with Crippen LogP contribution in [0.5, 0.6) is 5.88 Å². The van der Waals surface area contributed by atoms with E-state index in [0.717, 1.165) is 31.3 Å². The van der Waals surface area contributed by atoms with Gasteiger partial charge in [0.15, 0.2) is 5.96 Å². The van der Waals surface area contributed by atoms with Gasteiger partial charge >= 0.3 is 0 Å². The Morgan fingerprint density at radius 3 is 2.76 bits per heavy atom. The second kappa shape index (κ2) is 12.6. The van der Waals surface area contributed by atoms with Gasteiger partial charge in [0.2, 0.25) is 5.88 Å². The van der Waals surface area contributed by atoms with Crippen molar-refractivity contribution < 1.29 is 9.47 Å². The molecule has 0 radical (unpaired) electrons. The molecule has 0 aliphatic heterocycles. The summed E-state index contributed by atoms with van der Waals surface area (Å²) in [6.45, 7) is 7.44. The van der Waals surface area contributed by atoms with E-state index < -0.39 is 0 Å². The first kappa shape index (κ1) is 19.9. The molecule has 6 nitrogen and oxygen atoms in total. The van der Waals surface area contributed by atoms with E-state index in [1.54, 1.807) is 7.11 Å². The van der Waals surface area contributed by atoms with Crippen LogP contribution in [0.25, 0.3) is 0 Å². The van der Waals surface area contributed by atoms with Gasteiger partial charge in [0.05, 0.1) is 26.0 Å². The summed E-state index contributed by atoms with van der Waals surface area (Å²) in [5.41, 5.74) is 0.867. The number of nitrogens with zero attached hydrogens (tertiary/aromatic N) is 2. The molecule has 7 heteroatoms. The van der Waals surface area contributed by atoms with Crippen molar-refractivity contribution in [2.45, 2.75) is 20.4 Å². The topological polar surface area (TPSA) is 67.8 Å². The minimum atomic E-state index is 0. The number of hydrogen-bond donors (Lipinski definition) is 2. The number of ether oxygens (including phenoxy) is 2. The van der Waals surface area contributed by atoms with Crippen molar-refractivity contribution in [3.8, 4) is 5.88 Å². The summed E-state index contributed by atoms with van der Waals surface area (Å²) < 4.78 is 10.4. The van der Waals surface area contributed by atoms with Gasteiger partial charge in [-0.2, -0.15) is 0 Å². The second-order valence-electron chi connectivity index (χ2n) is 3.99. The first-order valence-corrected chi connectivity index (χ1v) is 6.90. The number of rotatable bonds is 8. The molecule has 0 aromatic carbocycles. The van der Waals surface area contributed by atoms with E-state index in [4.69, 9.17) is 9.47 Å². The zero-order valence-corrected chi connectivity index (χ0v) is 15.2. The molecule has 0 fully saturated rings. The van der Waals surface area contributed by atoms with Gasteiger partial charge in [0.25, 0.3) is 0 Å². The molecule has 1 aromatic heterocycles. The van der Waals surface area contributed by atoms with Crippen molar-refractivity contribution in [1.82, 2.24) is 15.6 Å². The van der Waals surface area contributed by atoms with E-state index in [1.807, 2.05) is 32.0 Å². The molecule has 0 aliphatic rings. The predicted octanol–water partition coefficient (Wildman–Crippen LogP) is 1.80. The molecule has 0 unspecified atom stereocenters. The summed E-state index contributed by atoms with van der Waals surface area (Å²) in [6.07, 6.45) is 0. The lowest BCUT2D eigenvalue weighted by molar-refractivity contribution is 0.152. The maximum Gasteiger partial charge on any atom is 0.213 e. The standard InChI is InChI=1S/C14H24N4O2.HI/c1-4-15-14(16-9-10-20-5-2)17-11-12-7-6-8-13(18-12)19-3;/h6-8H,4-5,9-11H2,1-3H3,(H2,15,16,17);1H. The molecule has 120 valence electrons. The van der Waals surface area contributed by atoms with Crippen LogP contribution in [0, 0.1) is 0 Å². The van der Waals surface area contributed by atoms with Crippen LogP contribution >= 0.6 is 24.0 Å². The maximum absolute atomic E-state index is 5.28. The average molecular weight is 408 g/mol. The highest BCUT2D eigenvalue weighted by Gasteiger charge is 1.99. The highest BCUT2D eigenvalue weighted by molar-refractivity contribution is 14.0. The summed E-state index contributed by atoms with van der Waals surface area (Å²) in [6, 6.07) is 5.65. The Balaban J connectivity index is 0.00000400. The van der Waals surface area contributed by atoms with Crippen LogP contribution in [0.2, 0.25) is 0 Å². The number of pyridine rings is 1. The molecule has 0 saturated carbocycles. The van der Waals surface area contributed by atoms with E-state index in [9.17, 15) is 0 Å². The maximum atomic E-state index is 5.28. The van der Waals surface area contributed by atoms with Crippen molar-refractivity contribution in [1.29, 1.82) is 0 Å². The molecular formula is C14H25IN4O2. The monoisotopic (exact) mass is 408 g/mol. The zero-order valence-electron chi connectivity index (χ0n) is 12.9. The molecule has 0 aliphatic carbocycles. The number of halogens is 1. The Morgan fingerprint density at radius 1 is 1.29 bits per heavy atom. The first-order chi connectivity index (χ1) is 9.80. The Morgan fingerprint density at radius 2 is 2.10 bits per heavy atom. The van der Waals surface area contributed by atoms with Gasteiger partial charge < -0.3 is 20.1 Å². The van der Waals surface area contributed by atoms with Gasteiger partial charge in [-0.05, 0) is 19.9 Å². The molecular weight excluding hydrogens is 383 g/mol. The molecule has 0 saturated heterocycles. The van der Waals surface area contributed by atoms with Gasteiger partial charge in [0.1, 0.15) is 0 Å². The molecule has 1 heterocycles. The fraction of sp³-hybridized carbons (Fsp3) is 0.571. The normalized spacial score (nSPS) is 10.7. The Bertz CT molecular complexity index is 416. The van der Waals surface area contributed by atoms with E-state index in [1.165, 1.54) is 0 Å². The fourth-order valence-electron chi connectivity index (χ4n) is 1.55. The summed E-state index contributed by atoms with van der Waals surface area (Å²) in [4.78, 5) is 8.80. The van der Waals surface area contributed by atoms with Crippen LogP contribution in [0.1, 0.15) is 19.5 Å². The molecule has 0 spiro atoms. The second-order valence-corrected chi connectivity index (χ2v) is 3.99. The quantitative estimate of drug-likeness (QED) is 0.297. The Labute approximate surface area is 143 Å². The lowest BCUT2D eigenvalue weighted by Crippen LogP contribution is -2.39. The van der Waals surface area contributed by atoms with Crippen molar-refractivity contribution >= 4 is 29.9 Å². The number of hydrogen-bond acceptors (Lipinski definition) is 4. The first-order valence-electron chi connectivity index (χ1n) is 6.90. The van der Waals surface area contributed by atoms with Crippen LogP contribution in [-0.2, 0) is 11.3 Å². The SMILES string of the molecule is CCNC(=NCc1cccc(OC)n1)NCCOCC.I. The van der Waals surface area contributed by atoms with E-state index in [-0.39, 0.29) is 24.0 Å². The molecule has 1 aromatic rings. The van der Waals surface area contributed by atoms with Crippen molar-refractivity contribution in [2.75, 3.05) is 33.4 Å². The summed E-state index contributed by atoms with van der Waals surface area (Å²) in [7, 11) is 1.61. The van der Waals surface area contributed by atoms with E-state index in [0.29, 0.717) is 19.0 Å². The molecule has 2 N–H and O–H groups in total. The van der Waals surface area contributed by atoms with E-state index >= 15 is 0 Å². The van der Waals surface area contributed by atoms with Crippen molar-refractivity contribution in [2.24, 2.45) is 4.99 Å². The third kappa shape index (κ3) is 8.71. The highest BCUT2D eigenvalue weighted by Crippen LogP contribution is 2.07. The molecule has 0 bridgehead atoms. The fourth-order valence-corrected chi connectivity index (χ4v) is 1.55. The average Bonchev–Trinajstić information content (AvgIpc) is 2.49. The van der Waals surface area contributed by atoms with Gasteiger partial charge in [-0.15, -0.1) is 24.0 Å². The smallest absolute Gasteiger partial charge is 0.213 e. The molecule has 0 atom stereocenters. The molecule has 1 rings (SSSR count). The third-order valence-electron chi connectivity index (χ3n) is 2.48. The summed E-state index contributed by atoms with van der Waals surface area (Å²) >= 11 is 0. The van der Waals surface area contributed by atoms with Crippen molar-refractivity contribution in [3.63, 3.8) is 0 Å². The number of aliphatic imine (C=N–C) groups is 1. The van der Waals surface area contributed by atoms with Gasteiger partial charge in [0, 0.05) is 25.8 Å². The number of guanidine groups is 1. The molecule has 0 amide bonds. The Kier molecular flexibility index (Phi) is 12.0. The van der Waals surface area contributed by atoms with Crippen molar-refractivity contribution in [3.05, 3.63) is 23.9 Å². The van der Waals surface area contributed by atoms with Crippen LogP contribution in [0.3, 0.4) is 0 Å². The highest BCUT2D eigenvalue weighted by atomic mass is 127. The number of methoxy groups -OCH3 is 1. The van der Waals surface area contributed by atoms with Crippen LogP contribution in [0.15, 0.2) is 23.2 Å².